The van der Waals surface area contributed by atoms with Gasteiger partial charge in [-0.15, -0.1) is 0 Å². The number of hydrogen-bond acceptors (Lipinski definition) is 9. The minimum Gasteiger partial charge on any atom is -0.507 e. The number of fused-ring (bicyclic) bond motifs is 3. The van der Waals surface area contributed by atoms with E-state index in [-0.39, 0.29) is 35.4 Å². The molecule has 0 radical (unpaired) electrons. The molecule has 5 N–H and O–H groups in total. The van der Waals surface area contributed by atoms with E-state index in [1.807, 2.05) is 0 Å². The first-order valence-electron chi connectivity index (χ1n) is 11.7. The molecule has 3 aliphatic carbocycles. The molecule has 1 amide bonds. The molecule has 1 aromatic heterocycles. The van der Waals surface area contributed by atoms with Crippen LogP contribution in [0.25, 0.3) is 11.4 Å². The van der Waals surface area contributed by atoms with Crippen molar-refractivity contribution in [1.82, 2.24) is 14.5 Å². The molecule has 2 aromatic rings. The molecular weight excluding hydrogens is 485 g/mol. The molecule has 0 aliphatic heterocycles. The third kappa shape index (κ3) is 3.18. The van der Waals surface area contributed by atoms with E-state index in [1.165, 1.54) is 25.2 Å². The molecule has 0 spiro atoms. The molecule has 1 aromatic carbocycles. The number of benzene rings is 1. The van der Waals surface area contributed by atoms with Crippen molar-refractivity contribution in [1.29, 1.82) is 5.41 Å². The predicted molar refractivity (Wildman–Crippen MR) is 126 cm³/mol. The van der Waals surface area contributed by atoms with E-state index in [0.29, 0.717) is 0 Å². The normalized spacial score (nSPS) is 31.2. The van der Waals surface area contributed by atoms with Gasteiger partial charge in [0.2, 0.25) is 5.91 Å². The minimum atomic E-state index is -2.60. The number of halogens is 1. The second kappa shape index (κ2) is 8.12. The summed E-state index contributed by atoms with van der Waals surface area (Å²) in [7, 11) is 4.71. The first-order valence-corrected chi connectivity index (χ1v) is 11.7. The Balaban J connectivity index is 1.66. The van der Waals surface area contributed by atoms with Gasteiger partial charge in [-0.1, -0.05) is 0 Å². The van der Waals surface area contributed by atoms with E-state index in [2.05, 4.69) is 4.98 Å². The summed E-state index contributed by atoms with van der Waals surface area (Å²) in [5, 5.41) is 30.9. The van der Waals surface area contributed by atoms with E-state index in [4.69, 9.17) is 11.1 Å². The quantitative estimate of drug-likeness (QED) is 0.411. The number of nitrogens with two attached hydrogens (primary N) is 1. The summed E-state index contributed by atoms with van der Waals surface area (Å²) in [6, 6.07) is -0.0679. The van der Waals surface area contributed by atoms with Gasteiger partial charge in [-0.25, -0.2) is 9.37 Å². The fourth-order valence-electron chi connectivity index (χ4n) is 6.49. The Morgan fingerprint density at radius 1 is 1.32 bits per heavy atom. The van der Waals surface area contributed by atoms with Crippen molar-refractivity contribution < 1.29 is 33.8 Å². The van der Waals surface area contributed by atoms with Crippen LogP contribution in [0.5, 0.6) is 5.75 Å². The Morgan fingerprint density at radius 2 is 2.00 bits per heavy atom. The van der Waals surface area contributed by atoms with Crippen molar-refractivity contribution in [2.45, 2.75) is 24.5 Å². The zero-order valence-corrected chi connectivity index (χ0v) is 20.4. The third-order valence-corrected chi connectivity index (χ3v) is 8.12. The molecule has 2 saturated carbocycles. The molecule has 6 atom stereocenters. The zero-order valence-electron chi connectivity index (χ0n) is 20.4. The van der Waals surface area contributed by atoms with E-state index in [9.17, 15) is 29.4 Å². The van der Waals surface area contributed by atoms with Gasteiger partial charge in [0, 0.05) is 30.9 Å². The Morgan fingerprint density at radius 3 is 2.57 bits per heavy atom. The van der Waals surface area contributed by atoms with Gasteiger partial charge in [-0.3, -0.25) is 24.1 Å². The number of aromatic hydroxyl groups is 1. The van der Waals surface area contributed by atoms with Crippen LogP contribution in [0.15, 0.2) is 18.5 Å². The van der Waals surface area contributed by atoms with E-state index in [1.54, 1.807) is 17.8 Å². The number of aliphatic hydroxyl groups is 1. The molecule has 12 heteroatoms. The number of imidazole rings is 1. The van der Waals surface area contributed by atoms with Gasteiger partial charge in [0.1, 0.15) is 23.3 Å². The Kier molecular flexibility index (Phi) is 5.46. The van der Waals surface area contributed by atoms with E-state index >= 15 is 4.39 Å². The monoisotopic (exact) mass is 511 g/mol. The maximum Gasteiger partial charge on any atom is 0.233 e. The third-order valence-electron chi connectivity index (χ3n) is 8.12. The largest absolute Gasteiger partial charge is 0.507 e. The molecular formula is C25H26FN5O6. The Labute approximate surface area is 210 Å². The summed E-state index contributed by atoms with van der Waals surface area (Å²) in [6.07, 6.45) is 2.86. The number of rotatable bonds is 3. The van der Waals surface area contributed by atoms with Gasteiger partial charge in [0.25, 0.3) is 0 Å². The smallest absolute Gasteiger partial charge is 0.233 e. The topological polar surface area (TPSA) is 180 Å². The number of Topliss-reactive ketones (excluding diaryl/α,β-unsaturated/α-hetero) is 3. The Hall–Kier alpha value is -3.77. The molecule has 6 unspecified atom stereocenters. The highest BCUT2D eigenvalue weighted by Crippen LogP contribution is 2.51. The van der Waals surface area contributed by atoms with Crippen molar-refractivity contribution in [3.05, 3.63) is 35.4 Å². The summed E-state index contributed by atoms with van der Waals surface area (Å²) < 4.78 is 17.3. The van der Waals surface area contributed by atoms with Crippen LogP contribution >= 0.6 is 0 Å². The highest BCUT2D eigenvalue weighted by atomic mass is 19.1. The van der Waals surface area contributed by atoms with Crippen LogP contribution in [0, 0.1) is 34.9 Å². The fraction of sp³-hybridized carbons (Fsp3) is 0.440. The van der Waals surface area contributed by atoms with Crippen LogP contribution in [0.4, 0.5) is 4.39 Å². The molecule has 5 rings (SSSR count). The SMILES string of the molecule is CN(C)C1C(=O)C(C(N)=O)C(=N)C2(O)C(=O)C3C(=O)c4c(O)cc(-c5nccn5C)c(F)c4CC3CC12. The van der Waals surface area contributed by atoms with E-state index < -0.39 is 75.8 Å². The van der Waals surface area contributed by atoms with Crippen LogP contribution in [0.3, 0.4) is 0 Å². The summed E-state index contributed by atoms with van der Waals surface area (Å²) in [5.74, 6) is -10.2. The lowest BCUT2D eigenvalue weighted by atomic mass is 9.52. The number of phenolic OH excluding ortho intramolecular Hbond substituents is 1. The van der Waals surface area contributed by atoms with Crippen LogP contribution in [-0.2, 0) is 27.9 Å². The fourth-order valence-corrected chi connectivity index (χ4v) is 6.49. The van der Waals surface area contributed by atoms with Crippen LogP contribution in [0.2, 0.25) is 0 Å². The summed E-state index contributed by atoms with van der Waals surface area (Å²) in [5.41, 5.74) is 1.47. The Bertz CT molecular complexity index is 1420. The van der Waals surface area contributed by atoms with Gasteiger partial charge < -0.3 is 25.9 Å². The van der Waals surface area contributed by atoms with Gasteiger partial charge in [0.05, 0.1) is 28.8 Å². The maximum atomic E-state index is 15.8. The molecule has 2 fully saturated rings. The molecule has 3 aliphatic rings. The van der Waals surface area contributed by atoms with Crippen molar-refractivity contribution in [2.24, 2.45) is 36.5 Å². The number of carbonyl (C=O) groups excluding carboxylic acids is 4. The number of hydrogen-bond donors (Lipinski definition) is 4. The average Bonchev–Trinajstić information content (AvgIpc) is 3.23. The zero-order chi connectivity index (χ0) is 27.1. The van der Waals surface area contributed by atoms with Crippen LogP contribution < -0.4 is 5.73 Å². The standard InChI is InChI=1S/C25H26FN5O6/c1-30(2)18-12-7-9-6-10-15(13(32)8-11(17(10)26)24-29-4-5-31(24)3)19(33)14(9)22(35)25(12,37)21(27)16(20(18)34)23(28)36/h4-5,8-9,12,14,16,18,27,32,37H,6-7H2,1-3H3,(H2,28,36). The van der Waals surface area contributed by atoms with Crippen molar-refractivity contribution in [2.75, 3.05) is 14.1 Å². The number of amides is 1. The number of likely N-dealkylation sites (N-methyl/N-ethyl adjacent to an activating group) is 1. The lowest BCUT2D eigenvalue weighted by Gasteiger charge is -2.53. The number of aromatic nitrogens is 2. The summed E-state index contributed by atoms with van der Waals surface area (Å²) in [4.78, 5) is 58.2. The summed E-state index contributed by atoms with van der Waals surface area (Å²) >= 11 is 0. The number of nitrogens with one attached hydrogen (secondary N) is 1. The summed E-state index contributed by atoms with van der Waals surface area (Å²) in [6.45, 7) is 0. The van der Waals surface area contributed by atoms with Crippen molar-refractivity contribution in [3.8, 4) is 17.1 Å². The molecule has 0 saturated heterocycles. The highest BCUT2D eigenvalue weighted by Gasteiger charge is 2.67. The molecule has 37 heavy (non-hydrogen) atoms. The lowest BCUT2D eigenvalue weighted by Crippen LogP contribution is -2.73. The molecule has 11 nitrogen and oxygen atoms in total. The first-order chi connectivity index (χ1) is 17.3. The van der Waals surface area contributed by atoms with Crippen molar-refractivity contribution in [3.63, 3.8) is 0 Å². The van der Waals surface area contributed by atoms with Gasteiger partial charge >= 0.3 is 0 Å². The average molecular weight is 512 g/mol. The van der Waals surface area contributed by atoms with E-state index in [0.717, 1.165) is 6.07 Å². The second-order valence-corrected chi connectivity index (χ2v) is 10.3. The van der Waals surface area contributed by atoms with Crippen molar-refractivity contribution >= 4 is 29.0 Å². The minimum absolute atomic E-state index is 0.0151. The van der Waals surface area contributed by atoms with Gasteiger partial charge in [-0.05, 0) is 38.9 Å². The number of primary amides is 1. The molecule has 1 heterocycles. The van der Waals surface area contributed by atoms with Gasteiger partial charge in [0.15, 0.2) is 23.0 Å². The lowest BCUT2D eigenvalue weighted by molar-refractivity contribution is -0.157. The first kappa shape index (κ1) is 24.9. The highest BCUT2D eigenvalue weighted by molar-refractivity contribution is 6.33. The number of aryl methyl sites for hydroxylation is 1. The second-order valence-electron chi connectivity index (χ2n) is 10.3. The number of carbonyl (C=O) groups is 4. The van der Waals surface area contributed by atoms with Gasteiger partial charge in [-0.2, -0.15) is 0 Å². The molecule has 194 valence electrons. The number of ketones is 3. The number of nitrogens with zero attached hydrogens (tertiary/aromatic N) is 3. The number of phenols is 1. The predicted octanol–water partition coefficient (Wildman–Crippen LogP) is -0.143. The van der Waals surface area contributed by atoms with Crippen LogP contribution in [-0.4, -0.2) is 79.4 Å². The van der Waals surface area contributed by atoms with Crippen LogP contribution in [0.1, 0.15) is 22.3 Å². The maximum absolute atomic E-state index is 15.8. The molecule has 0 bridgehead atoms.